The fraction of sp³-hybridized carbons (Fsp3) is 0.0857. The zero-order valence-corrected chi connectivity index (χ0v) is 21.6. The summed E-state index contributed by atoms with van der Waals surface area (Å²) in [6.45, 7) is 3.01. The summed E-state index contributed by atoms with van der Waals surface area (Å²) in [5.74, 6) is 1.00. The molecule has 1 atom stereocenters. The maximum absolute atomic E-state index is 4.77. The number of hydrogen-bond donors (Lipinski definition) is 0. The maximum Gasteiger partial charge on any atom is 0.141 e. The molecule has 4 aromatic carbocycles. The highest BCUT2D eigenvalue weighted by atomic mass is 15.2. The molecule has 4 heterocycles. The van der Waals surface area contributed by atoms with Gasteiger partial charge >= 0.3 is 0 Å². The molecule has 4 nitrogen and oxygen atoms in total. The molecule has 0 radical (unpaired) electrons. The van der Waals surface area contributed by atoms with Crippen molar-refractivity contribution in [1.82, 2.24) is 9.55 Å². The van der Waals surface area contributed by atoms with Crippen molar-refractivity contribution in [2.45, 2.75) is 12.3 Å². The van der Waals surface area contributed by atoms with E-state index in [1.54, 1.807) is 0 Å². The molecule has 2 aliphatic rings. The van der Waals surface area contributed by atoms with Crippen LogP contribution in [-0.2, 0) is 5.41 Å². The Labute approximate surface area is 227 Å². The summed E-state index contributed by atoms with van der Waals surface area (Å²) in [6, 6.07) is 39.2. The van der Waals surface area contributed by atoms with Crippen LogP contribution in [0.15, 0.2) is 132 Å². The summed E-state index contributed by atoms with van der Waals surface area (Å²) in [5, 5.41) is 2.56. The average molecular weight is 503 g/mol. The third-order valence-corrected chi connectivity index (χ3v) is 8.31. The van der Waals surface area contributed by atoms with Gasteiger partial charge in [0, 0.05) is 45.8 Å². The van der Waals surface area contributed by atoms with E-state index in [4.69, 9.17) is 4.98 Å². The molecule has 0 N–H and O–H groups in total. The Hall–Kier alpha value is -4.96. The summed E-state index contributed by atoms with van der Waals surface area (Å²) in [5.41, 5.74) is 9.43. The summed E-state index contributed by atoms with van der Waals surface area (Å²) in [7, 11) is 0. The summed E-state index contributed by atoms with van der Waals surface area (Å²) in [6.07, 6.45) is 5.93. The molecule has 8 rings (SSSR count). The highest BCUT2D eigenvalue weighted by Gasteiger charge is 2.45. The van der Waals surface area contributed by atoms with Gasteiger partial charge in [-0.2, -0.15) is 0 Å². The van der Waals surface area contributed by atoms with Gasteiger partial charge in [0.15, 0.2) is 0 Å². The second-order valence-electron chi connectivity index (χ2n) is 10.5. The van der Waals surface area contributed by atoms with Crippen LogP contribution in [0.25, 0.3) is 38.6 Å². The van der Waals surface area contributed by atoms with E-state index < -0.39 is 0 Å². The van der Waals surface area contributed by atoms with Crippen LogP contribution in [-0.4, -0.2) is 22.3 Å². The monoisotopic (exact) mass is 502 g/mol. The first-order valence-corrected chi connectivity index (χ1v) is 13.4. The third kappa shape index (κ3) is 3.18. The van der Waals surface area contributed by atoms with Crippen molar-refractivity contribution < 1.29 is 0 Å². The summed E-state index contributed by atoms with van der Waals surface area (Å²) in [4.78, 5) is 11.6. The number of aromatic nitrogens is 2. The van der Waals surface area contributed by atoms with E-state index in [-0.39, 0.29) is 5.41 Å². The Bertz CT molecular complexity index is 1890. The highest BCUT2D eigenvalue weighted by Crippen LogP contribution is 2.51. The number of para-hydroxylation sites is 2. The molecule has 0 saturated heterocycles. The molecule has 6 aromatic rings. The van der Waals surface area contributed by atoms with Crippen molar-refractivity contribution in [1.29, 1.82) is 0 Å². The van der Waals surface area contributed by atoms with Crippen LogP contribution in [0.4, 0.5) is 11.5 Å². The number of rotatable bonds is 3. The van der Waals surface area contributed by atoms with Crippen molar-refractivity contribution in [2.24, 2.45) is 4.99 Å². The van der Waals surface area contributed by atoms with Crippen molar-refractivity contribution in [3.63, 3.8) is 0 Å². The molecule has 0 fully saturated rings. The zero-order valence-electron chi connectivity index (χ0n) is 21.6. The number of pyridine rings is 1. The van der Waals surface area contributed by atoms with Crippen LogP contribution in [0.2, 0.25) is 0 Å². The van der Waals surface area contributed by atoms with Gasteiger partial charge in [0.25, 0.3) is 0 Å². The largest absolute Gasteiger partial charge is 0.309 e. The van der Waals surface area contributed by atoms with Crippen molar-refractivity contribution in [2.75, 3.05) is 11.4 Å². The normalized spacial score (nSPS) is 17.9. The fourth-order valence-electron chi connectivity index (χ4n) is 6.36. The third-order valence-electron chi connectivity index (χ3n) is 8.31. The number of hydrogen-bond acceptors (Lipinski definition) is 3. The quantitative estimate of drug-likeness (QED) is 0.244. The number of benzene rings is 4. The molecule has 39 heavy (non-hydrogen) atoms. The van der Waals surface area contributed by atoms with Crippen LogP contribution < -0.4 is 4.90 Å². The van der Waals surface area contributed by atoms with Crippen LogP contribution in [0, 0.1) is 0 Å². The van der Waals surface area contributed by atoms with Gasteiger partial charge in [-0.25, -0.2) is 4.98 Å². The summed E-state index contributed by atoms with van der Waals surface area (Å²) < 4.78 is 2.35. The van der Waals surface area contributed by atoms with Gasteiger partial charge in [-0.1, -0.05) is 66.7 Å². The minimum Gasteiger partial charge on any atom is -0.309 e. The number of nitrogens with zero attached hydrogens (tertiary/aromatic N) is 4. The molecule has 186 valence electrons. The van der Waals surface area contributed by atoms with Gasteiger partial charge in [-0.3, -0.25) is 9.89 Å². The van der Waals surface area contributed by atoms with Crippen molar-refractivity contribution in [3.8, 4) is 16.8 Å². The molecule has 0 spiro atoms. The van der Waals surface area contributed by atoms with Crippen molar-refractivity contribution in [3.05, 3.63) is 133 Å². The number of dihydropyridines is 1. The van der Waals surface area contributed by atoms with Crippen LogP contribution in [0.3, 0.4) is 0 Å². The SMILES string of the molecule is CC12CN=CC=C1N(c1ccc(-c3ccc(-n4c5ccccc5c5ccccc54)cc3)cc1)c1ncccc12. The van der Waals surface area contributed by atoms with Crippen molar-refractivity contribution >= 4 is 39.5 Å². The maximum atomic E-state index is 4.77. The highest BCUT2D eigenvalue weighted by molar-refractivity contribution is 6.09. The lowest BCUT2D eigenvalue weighted by molar-refractivity contribution is 0.584. The second-order valence-corrected chi connectivity index (χ2v) is 10.5. The minimum atomic E-state index is -0.153. The van der Waals surface area contributed by atoms with E-state index in [0.717, 1.165) is 23.7 Å². The molecular formula is C35H26N4. The predicted molar refractivity (Wildman–Crippen MR) is 161 cm³/mol. The lowest BCUT2D eigenvalue weighted by Gasteiger charge is -2.30. The van der Waals surface area contributed by atoms with Gasteiger partial charge in [-0.15, -0.1) is 0 Å². The molecule has 0 saturated carbocycles. The number of allylic oxidation sites excluding steroid dienone is 1. The number of aliphatic imine (C=N–C) groups is 1. The molecule has 0 amide bonds. The molecule has 4 heteroatoms. The van der Waals surface area contributed by atoms with Gasteiger partial charge in [-0.05, 0) is 66.6 Å². The van der Waals surface area contributed by atoms with E-state index in [1.807, 2.05) is 18.5 Å². The molecule has 1 unspecified atom stereocenters. The Kier molecular flexibility index (Phi) is 4.68. The fourth-order valence-corrected chi connectivity index (χ4v) is 6.36. The van der Waals surface area contributed by atoms with Gasteiger partial charge in [0.1, 0.15) is 5.82 Å². The first-order chi connectivity index (χ1) is 19.2. The first kappa shape index (κ1) is 22.1. The summed E-state index contributed by atoms with van der Waals surface area (Å²) >= 11 is 0. The number of anilines is 2. The van der Waals surface area contributed by atoms with E-state index in [9.17, 15) is 0 Å². The van der Waals surface area contributed by atoms with E-state index in [2.05, 4.69) is 131 Å². The standard InChI is InChI=1S/C35H26N4/c1-35-23-36-22-20-33(35)39(34-30(35)9-6-21-37-34)27-18-14-25(15-19-27)24-12-16-26(17-13-24)38-31-10-4-2-7-28(31)29-8-3-5-11-32(29)38/h2-22H,23H2,1H3. The minimum absolute atomic E-state index is 0.153. The Balaban J connectivity index is 1.16. The molecule has 0 aliphatic carbocycles. The molecular weight excluding hydrogens is 476 g/mol. The predicted octanol–water partition coefficient (Wildman–Crippen LogP) is 8.22. The number of fused-ring (bicyclic) bond motifs is 6. The Morgan fingerprint density at radius 2 is 1.28 bits per heavy atom. The smallest absolute Gasteiger partial charge is 0.141 e. The molecule has 2 aliphatic heterocycles. The van der Waals surface area contributed by atoms with E-state index in [0.29, 0.717) is 0 Å². The van der Waals surface area contributed by atoms with Crippen LogP contribution in [0.1, 0.15) is 12.5 Å². The lowest BCUT2D eigenvalue weighted by atomic mass is 9.81. The van der Waals surface area contributed by atoms with Gasteiger partial charge in [0.2, 0.25) is 0 Å². The topological polar surface area (TPSA) is 33.4 Å². The van der Waals surface area contributed by atoms with E-state index >= 15 is 0 Å². The van der Waals surface area contributed by atoms with Crippen LogP contribution in [0.5, 0.6) is 0 Å². The van der Waals surface area contributed by atoms with Gasteiger partial charge in [0.05, 0.1) is 23.0 Å². The first-order valence-electron chi connectivity index (χ1n) is 13.4. The van der Waals surface area contributed by atoms with Gasteiger partial charge < -0.3 is 4.57 Å². The molecule has 2 aromatic heterocycles. The average Bonchev–Trinajstić information content (AvgIpc) is 3.47. The zero-order chi connectivity index (χ0) is 26.0. The lowest BCUT2D eigenvalue weighted by Crippen LogP contribution is -2.31. The Morgan fingerprint density at radius 3 is 1.95 bits per heavy atom. The second kappa shape index (κ2) is 8.27. The molecule has 0 bridgehead atoms. The van der Waals surface area contributed by atoms with E-state index in [1.165, 1.54) is 44.2 Å². The van der Waals surface area contributed by atoms with Crippen LogP contribution >= 0.6 is 0 Å². The Morgan fingerprint density at radius 1 is 0.667 bits per heavy atom.